The Bertz CT molecular complexity index is 426. The molecule has 0 radical (unpaired) electrons. The molecular weight excluding hydrogens is 264 g/mol. The Kier molecular flexibility index (Phi) is 4.21. The summed E-state index contributed by atoms with van der Waals surface area (Å²) in [4.78, 5) is 2.78. The first kappa shape index (κ1) is 14.6. The molecule has 112 valence electrons. The lowest BCUT2D eigenvalue weighted by atomic mass is 9.89. The van der Waals surface area contributed by atoms with E-state index in [0.717, 1.165) is 12.5 Å². The molecule has 1 saturated carbocycles. The number of thiophene rings is 1. The molecule has 0 spiro atoms. The Balaban J connectivity index is 1.69. The van der Waals surface area contributed by atoms with Crippen LogP contribution in [0.25, 0.3) is 0 Å². The first-order chi connectivity index (χ1) is 9.62. The van der Waals surface area contributed by atoms with E-state index < -0.39 is 0 Å². The van der Waals surface area contributed by atoms with Crippen molar-refractivity contribution >= 4 is 11.3 Å². The highest BCUT2D eigenvalue weighted by molar-refractivity contribution is 7.07. The molecule has 1 saturated heterocycles. The maximum absolute atomic E-state index is 3.86. The van der Waals surface area contributed by atoms with E-state index in [-0.39, 0.29) is 0 Å². The molecule has 3 unspecified atom stereocenters. The SMILES string of the molecule is CCC1CNC(C)(C2CC2)CN1C(C)Cc1ccsc1. The molecule has 2 aliphatic rings. The third-order valence-electron chi connectivity index (χ3n) is 5.35. The van der Waals surface area contributed by atoms with E-state index in [1.807, 2.05) is 11.3 Å². The van der Waals surface area contributed by atoms with Crippen LogP contribution in [0.15, 0.2) is 16.8 Å². The van der Waals surface area contributed by atoms with E-state index in [4.69, 9.17) is 0 Å². The van der Waals surface area contributed by atoms with Crippen LogP contribution in [0, 0.1) is 5.92 Å². The molecule has 1 aromatic rings. The van der Waals surface area contributed by atoms with Gasteiger partial charge in [-0.3, -0.25) is 4.90 Å². The number of rotatable bonds is 5. The second-order valence-electron chi connectivity index (χ2n) is 6.99. The van der Waals surface area contributed by atoms with Gasteiger partial charge in [-0.15, -0.1) is 0 Å². The largest absolute Gasteiger partial charge is 0.308 e. The van der Waals surface area contributed by atoms with Crippen molar-refractivity contribution in [2.45, 2.75) is 64.1 Å². The monoisotopic (exact) mass is 292 g/mol. The third-order valence-corrected chi connectivity index (χ3v) is 6.08. The van der Waals surface area contributed by atoms with Crippen LogP contribution in [0.4, 0.5) is 0 Å². The van der Waals surface area contributed by atoms with Crippen LogP contribution in [0.2, 0.25) is 0 Å². The summed E-state index contributed by atoms with van der Waals surface area (Å²) in [5.74, 6) is 0.913. The number of piperazine rings is 1. The number of hydrogen-bond acceptors (Lipinski definition) is 3. The zero-order valence-electron chi connectivity index (χ0n) is 13.1. The van der Waals surface area contributed by atoms with Gasteiger partial charge in [0.2, 0.25) is 0 Å². The van der Waals surface area contributed by atoms with Crippen molar-refractivity contribution in [3.63, 3.8) is 0 Å². The molecule has 0 amide bonds. The Morgan fingerprint density at radius 3 is 2.90 bits per heavy atom. The molecule has 2 nitrogen and oxygen atoms in total. The summed E-state index contributed by atoms with van der Waals surface area (Å²) in [7, 11) is 0. The highest BCUT2D eigenvalue weighted by Gasteiger charge is 2.46. The molecule has 1 aliphatic heterocycles. The van der Waals surface area contributed by atoms with Gasteiger partial charge >= 0.3 is 0 Å². The van der Waals surface area contributed by atoms with Crippen LogP contribution in [0.1, 0.15) is 45.6 Å². The molecule has 1 aliphatic carbocycles. The van der Waals surface area contributed by atoms with Crippen molar-refractivity contribution in [2.75, 3.05) is 13.1 Å². The van der Waals surface area contributed by atoms with Gasteiger partial charge in [0.05, 0.1) is 0 Å². The van der Waals surface area contributed by atoms with Gasteiger partial charge in [0.1, 0.15) is 0 Å². The maximum atomic E-state index is 3.86. The minimum atomic E-state index is 0.356. The molecule has 3 heteroatoms. The lowest BCUT2D eigenvalue weighted by molar-refractivity contribution is 0.0424. The summed E-state index contributed by atoms with van der Waals surface area (Å²) in [5.41, 5.74) is 1.86. The lowest BCUT2D eigenvalue weighted by Gasteiger charge is -2.49. The van der Waals surface area contributed by atoms with Gasteiger partial charge in [0.25, 0.3) is 0 Å². The Labute approximate surface area is 127 Å². The van der Waals surface area contributed by atoms with E-state index in [1.165, 1.54) is 37.8 Å². The molecule has 20 heavy (non-hydrogen) atoms. The minimum Gasteiger partial charge on any atom is -0.308 e. The Hall–Kier alpha value is -0.380. The predicted octanol–water partition coefficient (Wildman–Crippen LogP) is 3.53. The van der Waals surface area contributed by atoms with Gasteiger partial charge in [0.15, 0.2) is 0 Å². The normalized spacial score (nSPS) is 33.2. The van der Waals surface area contributed by atoms with Crippen molar-refractivity contribution in [3.8, 4) is 0 Å². The summed E-state index contributed by atoms with van der Waals surface area (Å²) in [5, 5.41) is 8.37. The van der Waals surface area contributed by atoms with Crippen LogP contribution in [0.5, 0.6) is 0 Å². The van der Waals surface area contributed by atoms with Gasteiger partial charge in [-0.05, 0) is 67.8 Å². The number of hydrogen-bond donors (Lipinski definition) is 1. The topological polar surface area (TPSA) is 15.3 Å². The van der Waals surface area contributed by atoms with E-state index >= 15 is 0 Å². The van der Waals surface area contributed by atoms with Crippen LogP contribution in [-0.2, 0) is 6.42 Å². The number of nitrogens with zero attached hydrogens (tertiary/aromatic N) is 1. The summed E-state index contributed by atoms with van der Waals surface area (Å²) >= 11 is 1.82. The Morgan fingerprint density at radius 1 is 1.50 bits per heavy atom. The zero-order chi connectivity index (χ0) is 14.2. The first-order valence-corrected chi connectivity index (χ1v) is 9.08. The Morgan fingerprint density at radius 2 is 2.30 bits per heavy atom. The van der Waals surface area contributed by atoms with Gasteiger partial charge in [-0.1, -0.05) is 6.92 Å². The maximum Gasteiger partial charge on any atom is 0.0309 e. The van der Waals surface area contributed by atoms with Gasteiger partial charge in [0, 0.05) is 30.7 Å². The molecule has 0 bridgehead atoms. The average molecular weight is 292 g/mol. The van der Waals surface area contributed by atoms with Crippen LogP contribution in [0.3, 0.4) is 0 Å². The average Bonchev–Trinajstić information content (AvgIpc) is 3.19. The highest BCUT2D eigenvalue weighted by Crippen LogP contribution is 2.42. The van der Waals surface area contributed by atoms with Crippen molar-refractivity contribution in [1.82, 2.24) is 10.2 Å². The summed E-state index contributed by atoms with van der Waals surface area (Å²) in [6, 6.07) is 3.63. The van der Waals surface area contributed by atoms with Crippen LogP contribution >= 0.6 is 11.3 Å². The molecule has 0 aromatic carbocycles. The fourth-order valence-corrected chi connectivity index (χ4v) is 4.47. The van der Waals surface area contributed by atoms with Crippen molar-refractivity contribution in [1.29, 1.82) is 0 Å². The quantitative estimate of drug-likeness (QED) is 0.893. The van der Waals surface area contributed by atoms with Gasteiger partial charge in [-0.2, -0.15) is 11.3 Å². The minimum absolute atomic E-state index is 0.356. The van der Waals surface area contributed by atoms with Crippen molar-refractivity contribution in [3.05, 3.63) is 22.4 Å². The van der Waals surface area contributed by atoms with Crippen molar-refractivity contribution in [2.24, 2.45) is 5.92 Å². The first-order valence-electron chi connectivity index (χ1n) is 8.14. The second kappa shape index (κ2) is 5.78. The summed E-state index contributed by atoms with van der Waals surface area (Å²) in [6.07, 6.45) is 5.29. The van der Waals surface area contributed by atoms with E-state index in [0.29, 0.717) is 17.6 Å². The fraction of sp³-hybridized carbons (Fsp3) is 0.765. The van der Waals surface area contributed by atoms with Crippen LogP contribution < -0.4 is 5.32 Å². The third kappa shape index (κ3) is 2.95. The summed E-state index contributed by atoms with van der Waals surface area (Å²) < 4.78 is 0. The molecular formula is C17H28N2S. The molecule has 3 atom stereocenters. The fourth-order valence-electron chi connectivity index (χ4n) is 3.79. The molecule has 2 heterocycles. The second-order valence-corrected chi connectivity index (χ2v) is 7.77. The zero-order valence-corrected chi connectivity index (χ0v) is 13.9. The van der Waals surface area contributed by atoms with Crippen LogP contribution in [-0.4, -0.2) is 35.6 Å². The highest BCUT2D eigenvalue weighted by atomic mass is 32.1. The lowest BCUT2D eigenvalue weighted by Crippen LogP contribution is -2.65. The van der Waals surface area contributed by atoms with E-state index in [1.54, 1.807) is 0 Å². The van der Waals surface area contributed by atoms with Gasteiger partial charge in [-0.25, -0.2) is 0 Å². The predicted molar refractivity (Wildman–Crippen MR) is 87.4 cm³/mol. The smallest absolute Gasteiger partial charge is 0.0309 e. The molecule has 1 aromatic heterocycles. The summed E-state index contributed by atoms with van der Waals surface area (Å²) in [6.45, 7) is 9.58. The standard InChI is InChI=1S/C17H28N2S/c1-4-16-10-18-17(3,15-5-6-15)12-19(16)13(2)9-14-7-8-20-11-14/h7-8,11,13,15-16,18H,4-6,9-10,12H2,1-3H3. The van der Waals surface area contributed by atoms with E-state index in [9.17, 15) is 0 Å². The van der Waals surface area contributed by atoms with Gasteiger partial charge < -0.3 is 5.32 Å². The molecule has 2 fully saturated rings. The molecule has 3 rings (SSSR count). The number of nitrogens with one attached hydrogen (secondary N) is 1. The van der Waals surface area contributed by atoms with Crippen molar-refractivity contribution < 1.29 is 0 Å². The molecule has 1 N–H and O–H groups in total. The van der Waals surface area contributed by atoms with E-state index in [2.05, 4.69) is 47.8 Å².